The monoisotopic (exact) mass is 213 g/mol. The van der Waals surface area contributed by atoms with Crippen molar-refractivity contribution in [2.75, 3.05) is 0 Å². The number of benzene rings is 2. The summed E-state index contributed by atoms with van der Waals surface area (Å²) in [5.41, 5.74) is 1.42. The van der Waals surface area contributed by atoms with E-state index < -0.39 is 0 Å². The Kier molecular flexibility index (Phi) is 3.52. The zero-order chi connectivity index (χ0) is 12.1. The van der Waals surface area contributed by atoms with Gasteiger partial charge in [-0.05, 0) is 29.2 Å². The van der Waals surface area contributed by atoms with Crippen LogP contribution in [0, 0.1) is 0 Å². The molecule has 0 amide bonds. The molecule has 0 saturated heterocycles. The summed E-state index contributed by atoms with van der Waals surface area (Å²) < 4.78 is 7.59. The summed E-state index contributed by atoms with van der Waals surface area (Å²) in [5, 5.41) is 2.43. The molecule has 0 nitrogen and oxygen atoms in total. The molecule has 0 N–H and O–H groups in total. The van der Waals surface area contributed by atoms with Crippen LogP contribution in [0.2, 0.25) is 0 Å². The van der Waals surface area contributed by atoms with Crippen molar-refractivity contribution in [2.45, 2.75) is 39.0 Å². The Balaban J connectivity index is 2.07. The van der Waals surface area contributed by atoms with Gasteiger partial charge in [-0.15, -0.1) is 0 Å². The van der Waals surface area contributed by atoms with Crippen molar-refractivity contribution in [3.8, 4) is 0 Å². The lowest BCUT2D eigenvalue weighted by molar-refractivity contribution is 0.667. The van der Waals surface area contributed by atoms with Crippen LogP contribution in [-0.2, 0) is 6.42 Å². The van der Waals surface area contributed by atoms with Crippen molar-refractivity contribution < 1.29 is 1.37 Å². The molecule has 0 aliphatic carbocycles. The molecule has 0 fully saturated rings. The molecule has 0 heteroatoms. The third-order valence-electron chi connectivity index (χ3n) is 3.07. The molecule has 2 aromatic rings. The maximum absolute atomic E-state index is 7.59. The highest BCUT2D eigenvalue weighted by Gasteiger charge is 1.96. The first-order chi connectivity index (χ1) is 8.29. The largest absolute Gasteiger partial charge is 0.0654 e. The highest BCUT2D eigenvalue weighted by atomic mass is 14.0. The summed E-state index contributed by atoms with van der Waals surface area (Å²) in [5.74, 6) is 0. The summed E-state index contributed by atoms with van der Waals surface area (Å²) in [7, 11) is 0. The highest BCUT2D eigenvalue weighted by Crippen LogP contribution is 2.17. The van der Waals surface area contributed by atoms with Gasteiger partial charge >= 0.3 is 0 Å². The predicted molar refractivity (Wildman–Crippen MR) is 71.8 cm³/mol. The Morgan fingerprint density at radius 3 is 2.81 bits per heavy atom. The van der Waals surface area contributed by atoms with E-state index in [9.17, 15) is 0 Å². The maximum Gasteiger partial charge on any atom is 0.0623 e. The van der Waals surface area contributed by atoms with E-state index in [-0.39, 0.29) is 0 Å². The fourth-order valence-electron chi connectivity index (χ4n) is 2.09. The van der Waals surface area contributed by atoms with Crippen LogP contribution in [0.4, 0.5) is 0 Å². The third kappa shape index (κ3) is 2.85. The van der Waals surface area contributed by atoms with Gasteiger partial charge in [-0.3, -0.25) is 0 Å². The van der Waals surface area contributed by atoms with Crippen LogP contribution in [0.1, 0.15) is 39.5 Å². The number of hydrogen-bond acceptors (Lipinski definition) is 0. The molecule has 0 atom stereocenters. The lowest BCUT2D eigenvalue weighted by atomic mass is 10.0. The molecule has 0 saturated carbocycles. The molecule has 84 valence electrons. The Morgan fingerprint density at radius 1 is 1.00 bits per heavy atom. The summed E-state index contributed by atoms with van der Waals surface area (Å²) in [6.45, 7) is 2.24. The summed E-state index contributed by atoms with van der Waals surface area (Å²) >= 11 is 0. The molecule has 2 aromatic carbocycles. The number of fused-ring (bicyclic) bond motifs is 1. The van der Waals surface area contributed by atoms with Gasteiger partial charge in [0.2, 0.25) is 0 Å². The lowest BCUT2D eigenvalue weighted by Gasteiger charge is -2.03. The van der Waals surface area contributed by atoms with E-state index in [0.29, 0.717) is 6.04 Å². The normalized spacial score (nSPS) is 11.7. The average Bonchev–Trinajstić information content (AvgIpc) is 2.35. The quantitative estimate of drug-likeness (QED) is 0.616. The number of rotatable bonds is 5. The standard InChI is InChI=1S/C16H20/c1-2-3-4-5-8-14-11-12-15-9-6-7-10-16(15)13-14/h6-7,9-13H,2-5,8H2,1H3/i6D. The van der Waals surface area contributed by atoms with Crippen LogP contribution >= 0.6 is 0 Å². The van der Waals surface area contributed by atoms with Gasteiger partial charge in [0.15, 0.2) is 0 Å². The predicted octanol–water partition coefficient (Wildman–Crippen LogP) is 4.96. The topological polar surface area (TPSA) is 0 Å². The van der Waals surface area contributed by atoms with Crippen molar-refractivity contribution in [3.63, 3.8) is 0 Å². The van der Waals surface area contributed by atoms with Crippen LogP contribution in [-0.4, -0.2) is 0 Å². The molecule has 2 rings (SSSR count). The Bertz CT molecular complexity index is 488. The number of aryl methyl sites for hydroxylation is 1. The first-order valence-electron chi connectivity index (χ1n) is 6.79. The van der Waals surface area contributed by atoms with Gasteiger partial charge in [-0.2, -0.15) is 0 Å². The first-order valence-corrected chi connectivity index (χ1v) is 6.29. The second-order valence-corrected chi connectivity index (χ2v) is 4.42. The SMILES string of the molecule is [2H]c1ccc2cc(CCCCCC)ccc2c1. The van der Waals surface area contributed by atoms with Crippen LogP contribution < -0.4 is 0 Å². The van der Waals surface area contributed by atoms with E-state index in [1.54, 1.807) is 0 Å². The summed E-state index contributed by atoms with van der Waals surface area (Å²) in [6.07, 6.45) is 6.44. The van der Waals surface area contributed by atoms with Gasteiger partial charge in [-0.25, -0.2) is 0 Å². The average molecular weight is 213 g/mol. The van der Waals surface area contributed by atoms with E-state index in [2.05, 4.69) is 25.1 Å². The van der Waals surface area contributed by atoms with Crippen molar-refractivity contribution >= 4 is 10.8 Å². The fourth-order valence-corrected chi connectivity index (χ4v) is 2.09. The lowest BCUT2D eigenvalue weighted by Crippen LogP contribution is -1.86. The molecule has 0 aromatic heterocycles. The van der Waals surface area contributed by atoms with Gasteiger partial charge < -0.3 is 0 Å². The zero-order valence-corrected chi connectivity index (χ0v) is 10.00. The van der Waals surface area contributed by atoms with E-state index in [0.717, 1.165) is 0 Å². The van der Waals surface area contributed by atoms with Crippen molar-refractivity contribution in [1.29, 1.82) is 0 Å². The molecule has 0 radical (unpaired) electrons. The van der Waals surface area contributed by atoms with E-state index >= 15 is 0 Å². The molecule has 0 aliphatic heterocycles. The van der Waals surface area contributed by atoms with E-state index in [4.69, 9.17) is 1.37 Å². The molecule has 0 aliphatic rings. The summed E-state index contributed by atoms with van der Waals surface area (Å²) in [4.78, 5) is 0. The van der Waals surface area contributed by atoms with E-state index in [1.807, 2.05) is 18.2 Å². The smallest absolute Gasteiger partial charge is 0.0623 e. The van der Waals surface area contributed by atoms with Crippen LogP contribution in [0.3, 0.4) is 0 Å². The Morgan fingerprint density at radius 2 is 1.94 bits per heavy atom. The second kappa shape index (κ2) is 5.69. The molecule has 16 heavy (non-hydrogen) atoms. The van der Waals surface area contributed by atoms with Crippen molar-refractivity contribution in [1.82, 2.24) is 0 Å². The van der Waals surface area contributed by atoms with Gasteiger partial charge in [0.1, 0.15) is 0 Å². The molecular formula is C16H20. The van der Waals surface area contributed by atoms with Gasteiger partial charge in [-0.1, -0.05) is 68.6 Å². The van der Waals surface area contributed by atoms with Gasteiger partial charge in [0.25, 0.3) is 0 Å². The second-order valence-electron chi connectivity index (χ2n) is 4.42. The van der Waals surface area contributed by atoms with Crippen LogP contribution in [0.5, 0.6) is 0 Å². The first kappa shape index (κ1) is 9.89. The number of unbranched alkanes of at least 4 members (excludes halogenated alkanes) is 3. The Labute approximate surface area is 99.7 Å². The molecule has 0 heterocycles. The minimum absolute atomic E-state index is 0.591. The molecular weight excluding hydrogens is 192 g/mol. The Hall–Kier alpha value is -1.30. The fraction of sp³-hybridized carbons (Fsp3) is 0.375. The minimum atomic E-state index is 0.591. The van der Waals surface area contributed by atoms with E-state index in [1.165, 1.54) is 48.4 Å². The third-order valence-corrected chi connectivity index (χ3v) is 3.07. The minimum Gasteiger partial charge on any atom is -0.0654 e. The molecule has 0 spiro atoms. The van der Waals surface area contributed by atoms with Crippen molar-refractivity contribution in [3.05, 3.63) is 48.0 Å². The highest BCUT2D eigenvalue weighted by molar-refractivity contribution is 5.82. The van der Waals surface area contributed by atoms with Crippen LogP contribution in [0.15, 0.2) is 42.4 Å². The molecule has 0 unspecified atom stereocenters. The molecule has 0 bridgehead atoms. The number of hydrogen-bond donors (Lipinski definition) is 0. The van der Waals surface area contributed by atoms with Gasteiger partial charge in [0, 0.05) is 0 Å². The maximum atomic E-state index is 7.59. The van der Waals surface area contributed by atoms with Crippen LogP contribution in [0.25, 0.3) is 10.8 Å². The summed E-state index contributed by atoms with van der Waals surface area (Å²) in [6, 6.07) is 13.0. The zero-order valence-electron chi connectivity index (χ0n) is 11.0. The van der Waals surface area contributed by atoms with Gasteiger partial charge in [0.05, 0.1) is 1.37 Å². The van der Waals surface area contributed by atoms with Crippen molar-refractivity contribution in [2.24, 2.45) is 0 Å².